The Kier molecular flexibility index (Phi) is 9.29. The first kappa shape index (κ1) is 12.1. The number of carbonyl (C=O) groups excluding carboxylic acids is 2. The van der Waals surface area contributed by atoms with Gasteiger partial charge in [-0.25, -0.2) is 4.79 Å². The summed E-state index contributed by atoms with van der Waals surface area (Å²) in [5.41, 5.74) is 0. The minimum Gasteiger partial charge on any atom is -0.545 e. The van der Waals surface area contributed by atoms with Crippen molar-refractivity contribution in [1.29, 1.82) is 0 Å². The fraction of sp³-hybridized carbons (Fsp3) is 0.143. The molecule has 0 saturated carbocycles. The highest BCUT2D eigenvalue weighted by molar-refractivity contribution is 5.80. The number of carboxylic acid groups (broad SMARTS) is 1. The lowest BCUT2D eigenvalue weighted by Crippen LogP contribution is -2.17. The number of rotatable bonds is 2. The SMILES string of the molecule is C=CC(=O)OC.C=CC(=O)[O-]. The van der Waals surface area contributed by atoms with E-state index in [1.165, 1.54) is 7.11 Å². The van der Waals surface area contributed by atoms with E-state index < -0.39 is 11.9 Å². The number of aliphatic carboxylic acids is 1. The molecule has 4 nitrogen and oxygen atoms in total. The Balaban J connectivity index is 0. The summed E-state index contributed by atoms with van der Waals surface area (Å²) in [6.07, 6.45) is 1.83. The fourth-order valence-electron chi connectivity index (χ4n) is 0.0833. The van der Waals surface area contributed by atoms with Crippen LogP contribution in [-0.2, 0) is 14.3 Å². The van der Waals surface area contributed by atoms with Gasteiger partial charge in [0.2, 0.25) is 0 Å². The molecule has 0 fully saturated rings. The van der Waals surface area contributed by atoms with Crippen LogP contribution in [0.15, 0.2) is 25.3 Å². The molecule has 0 bridgehead atoms. The summed E-state index contributed by atoms with van der Waals surface area (Å²) in [6.45, 7) is 6.06. The molecule has 0 aromatic carbocycles. The van der Waals surface area contributed by atoms with E-state index in [4.69, 9.17) is 9.90 Å². The molecule has 4 heteroatoms. The molecular weight excluding hydrogens is 148 g/mol. The first-order valence-corrected chi connectivity index (χ1v) is 2.62. The van der Waals surface area contributed by atoms with Crippen molar-refractivity contribution in [2.75, 3.05) is 7.11 Å². The van der Waals surface area contributed by atoms with Crippen molar-refractivity contribution < 1.29 is 19.4 Å². The highest BCUT2D eigenvalue weighted by atomic mass is 16.5. The summed E-state index contributed by atoms with van der Waals surface area (Å²) in [4.78, 5) is 19.0. The maximum atomic E-state index is 9.84. The van der Waals surface area contributed by atoms with E-state index in [1.807, 2.05) is 0 Å². The molecule has 0 spiro atoms. The van der Waals surface area contributed by atoms with E-state index in [2.05, 4.69) is 17.9 Å². The third kappa shape index (κ3) is 17.8. The Morgan fingerprint density at radius 3 is 1.73 bits per heavy atom. The van der Waals surface area contributed by atoms with Gasteiger partial charge in [0.25, 0.3) is 0 Å². The van der Waals surface area contributed by atoms with Crippen LogP contribution in [0.25, 0.3) is 0 Å². The largest absolute Gasteiger partial charge is 0.545 e. The molecule has 11 heavy (non-hydrogen) atoms. The van der Waals surface area contributed by atoms with Crippen molar-refractivity contribution in [2.24, 2.45) is 0 Å². The fourth-order valence-corrected chi connectivity index (χ4v) is 0.0833. The van der Waals surface area contributed by atoms with Gasteiger partial charge >= 0.3 is 5.97 Å². The molecule has 0 amide bonds. The summed E-state index contributed by atoms with van der Waals surface area (Å²) >= 11 is 0. The zero-order valence-corrected chi connectivity index (χ0v) is 6.20. The van der Waals surface area contributed by atoms with Crippen LogP contribution in [0.5, 0.6) is 0 Å². The van der Waals surface area contributed by atoms with Gasteiger partial charge in [0.15, 0.2) is 0 Å². The van der Waals surface area contributed by atoms with Crippen LogP contribution in [0.3, 0.4) is 0 Å². The molecule has 0 aliphatic carbocycles. The zero-order valence-electron chi connectivity index (χ0n) is 6.20. The summed E-state index contributed by atoms with van der Waals surface area (Å²) in [5.74, 6) is -1.62. The minimum atomic E-state index is -1.23. The smallest absolute Gasteiger partial charge is 0.329 e. The van der Waals surface area contributed by atoms with Gasteiger partial charge in [-0.3, -0.25) is 0 Å². The molecule has 0 aromatic rings. The van der Waals surface area contributed by atoms with Gasteiger partial charge in [0, 0.05) is 6.08 Å². The lowest BCUT2D eigenvalue weighted by molar-refractivity contribution is -0.297. The van der Waals surface area contributed by atoms with Crippen molar-refractivity contribution >= 4 is 11.9 Å². The molecule has 0 saturated heterocycles. The van der Waals surface area contributed by atoms with E-state index in [-0.39, 0.29) is 0 Å². The predicted octanol–water partition coefficient (Wildman–Crippen LogP) is -0.732. The van der Waals surface area contributed by atoms with Crippen molar-refractivity contribution in [3.8, 4) is 0 Å². The second kappa shape index (κ2) is 8.42. The molecule has 0 heterocycles. The number of esters is 1. The minimum absolute atomic E-state index is 0.394. The lowest BCUT2D eigenvalue weighted by atomic mass is 10.7. The standard InChI is InChI=1S/C4H6O2.C3H4O2/c1-3-4(5)6-2;1-2-3(4)5/h3H,1H2,2H3;2H,1H2,(H,4,5)/p-1. The Bertz CT molecular complexity index is 160. The highest BCUT2D eigenvalue weighted by Gasteiger charge is 1.81. The summed E-state index contributed by atoms with van der Waals surface area (Å²) in [6, 6.07) is 0. The van der Waals surface area contributed by atoms with Crippen LogP contribution in [0.2, 0.25) is 0 Å². The number of carbonyl (C=O) groups is 2. The van der Waals surface area contributed by atoms with Crippen LogP contribution in [0, 0.1) is 0 Å². The normalized spacial score (nSPS) is 6.64. The third-order valence-corrected chi connectivity index (χ3v) is 0.535. The number of carboxylic acids is 1. The van der Waals surface area contributed by atoms with Crippen molar-refractivity contribution in [2.45, 2.75) is 0 Å². The average molecular weight is 157 g/mol. The number of hydrogen-bond acceptors (Lipinski definition) is 4. The zero-order chi connectivity index (χ0) is 9.28. The van der Waals surface area contributed by atoms with Crippen LogP contribution in [0.1, 0.15) is 0 Å². The number of methoxy groups -OCH3 is 1. The van der Waals surface area contributed by atoms with Crippen LogP contribution >= 0.6 is 0 Å². The second-order valence-corrected chi connectivity index (χ2v) is 1.25. The molecular formula is C7H9O4-. The summed E-state index contributed by atoms with van der Waals surface area (Å²) in [5, 5.41) is 9.14. The van der Waals surface area contributed by atoms with Crippen molar-refractivity contribution in [3.05, 3.63) is 25.3 Å². The Labute approximate surface area is 64.8 Å². The van der Waals surface area contributed by atoms with Gasteiger partial charge in [-0.15, -0.1) is 0 Å². The van der Waals surface area contributed by atoms with Crippen LogP contribution in [0.4, 0.5) is 0 Å². The first-order valence-electron chi connectivity index (χ1n) is 2.62. The summed E-state index contributed by atoms with van der Waals surface area (Å²) in [7, 11) is 1.31. The van der Waals surface area contributed by atoms with Crippen LogP contribution < -0.4 is 5.11 Å². The highest BCUT2D eigenvalue weighted by Crippen LogP contribution is 1.67. The van der Waals surface area contributed by atoms with Gasteiger partial charge in [-0.2, -0.15) is 0 Å². The molecule has 0 atom stereocenters. The van der Waals surface area contributed by atoms with Gasteiger partial charge in [-0.1, -0.05) is 13.2 Å². The molecule has 0 aliphatic rings. The molecule has 0 N–H and O–H groups in total. The van der Waals surface area contributed by atoms with Gasteiger partial charge < -0.3 is 14.6 Å². The maximum absolute atomic E-state index is 9.84. The molecule has 62 valence electrons. The van der Waals surface area contributed by atoms with Crippen molar-refractivity contribution in [3.63, 3.8) is 0 Å². The average Bonchev–Trinajstić information content (AvgIpc) is 2.04. The maximum Gasteiger partial charge on any atom is 0.329 e. The second-order valence-electron chi connectivity index (χ2n) is 1.25. The molecule has 0 rings (SSSR count). The first-order chi connectivity index (χ1) is 5.08. The molecule has 0 radical (unpaired) electrons. The van der Waals surface area contributed by atoms with Gasteiger partial charge in [0.1, 0.15) is 0 Å². The molecule has 0 unspecified atom stereocenters. The van der Waals surface area contributed by atoms with E-state index in [1.54, 1.807) is 0 Å². The lowest BCUT2D eigenvalue weighted by Gasteiger charge is -1.83. The number of ether oxygens (including phenoxy) is 1. The topological polar surface area (TPSA) is 66.4 Å². The molecule has 0 aromatic heterocycles. The van der Waals surface area contributed by atoms with E-state index in [0.717, 1.165) is 12.2 Å². The predicted molar refractivity (Wildman–Crippen MR) is 37.4 cm³/mol. The quantitative estimate of drug-likeness (QED) is 0.391. The number of hydrogen-bond donors (Lipinski definition) is 0. The van der Waals surface area contributed by atoms with E-state index in [0.29, 0.717) is 0 Å². The van der Waals surface area contributed by atoms with Gasteiger partial charge in [0.05, 0.1) is 13.1 Å². The van der Waals surface area contributed by atoms with Crippen LogP contribution in [-0.4, -0.2) is 19.0 Å². The van der Waals surface area contributed by atoms with Gasteiger partial charge in [-0.05, 0) is 6.08 Å². The monoisotopic (exact) mass is 157 g/mol. The Morgan fingerprint density at radius 2 is 1.73 bits per heavy atom. The Morgan fingerprint density at radius 1 is 1.36 bits per heavy atom. The summed E-state index contributed by atoms with van der Waals surface area (Å²) < 4.78 is 4.14. The van der Waals surface area contributed by atoms with E-state index >= 15 is 0 Å². The molecule has 0 aliphatic heterocycles. The van der Waals surface area contributed by atoms with E-state index in [9.17, 15) is 4.79 Å². The van der Waals surface area contributed by atoms with Crippen molar-refractivity contribution in [1.82, 2.24) is 0 Å². The Hall–Kier alpha value is -1.58. The third-order valence-electron chi connectivity index (χ3n) is 0.535.